The van der Waals surface area contributed by atoms with Crippen LogP contribution in [-0.2, 0) is 19.1 Å². The van der Waals surface area contributed by atoms with Crippen molar-refractivity contribution in [2.24, 2.45) is 10.5 Å². The smallest absolute Gasteiger partial charge is 0.355 e. The number of methoxy groups -OCH3 is 1. The van der Waals surface area contributed by atoms with Gasteiger partial charge in [-0.25, -0.2) is 9.69 Å². The minimum Gasteiger partial charge on any atom is -0.464 e. The van der Waals surface area contributed by atoms with Gasteiger partial charge in [-0.2, -0.15) is 5.10 Å². The number of hydrazone groups is 1. The molecule has 1 saturated heterocycles. The van der Waals surface area contributed by atoms with Gasteiger partial charge in [0, 0.05) is 11.8 Å². The van der Waals surface area contributed by atoms with E-state index in [2.05, 4.69) is 10.5 Å². The first-order valence-electron chi connectivity index (χ1n) is 11.6. The van der Waals surface area contributed by atoms with E-state index in [0.717, 1.165) is 27.8 Å². The van der Waals surface area contributed by atoms with Crippen LogP contribution in [0.2, 0.25) is 0 Å². The Bertz CT molecular complexity index is 1460. The van der Waals surface area contributed by atoms with E-state index in [1.54, 1.807) is 12.1 Å². The average Bonchev–Trinajstić information content (AvgIpc) is 3.36. The molecule has 0 spiro atoms. The molecule has 7 heteroatoms. The lowest BCUT2D eigenvalue weighted by molar-refractivity contribution is -0.135. The Morgan fingerprint density at radius 2 is 1.40 bits per heavy atom. The van der Waals surface area contributed by atoms with Crippen LogP contribution in [0.3, 0.4) is 0 Å². The van der Waals surface area contributed by atoms with E-state index in [0.29, 0.717) is 5.69 Å². The first-order chi connectivity index (χ1) is 17.0. The van der Waals surface area contributed by atoms with Crippen LogP contribution in [0.15, 0.2) is 77.9 Å². The SMILES string of the molecule is COC(=O)C1=NNC23C(=O)N(c4ccc(C)cc4)C(=O)C12C1c2ccccc2C3c2ccccc21. The van der Waals surface area contributed by atoms with Gasteiger partial charge in [0.05, 0.1) is 12.8 Å². The number of hydrogen-bond donors (Lipinski definition) is 1. The van der Waals surface area contributed by atoms with Gasteiger partial charge in [-0.15, -0.1) is 0 Å². The molecule has 2 heterocycles. The van der Waals surface area contributed by atoms with Gasteiger partial charge in [-0.05, 0) is 41.3 Å². The van der Waals surface area contributed by atoms with Gasteiger partial charge in [-0.1, -0.05) is 66.2 Å². The van der Waals surface area contributed by atoms with Crippen molar-refractivity contribution in [3.05, 3.63) is 101 Å². The minimum absolute atomic E-state index is 0.0491. The van der Waals surface area contributed by atoms with E-state index in [1.165, 1.54) is 12.0 Å². The summed E-state index contributed by atoms with van der Waals surface area (Å²) in [6, 6.07) is 23.0. The van der Waals surface area contributed by atoms with Gasteiger partial charge in [0.25, 0.3) is 11.8 Å². The monoisotopic (exact) mass is 463 g/mol. The Balaban J connectivity index is 1.60. The minimum atomic E-state index is -1.57. The standard InChI is InChI=1S/C28H21N3O4/c1-15-11-13-16(14-12-15)31-25(33)27-21-17-7-3-5-9-19(17)22(20-10-6-4-8-18(20)21)28(27,26(31)34)30-29-23(27)24(32)35-2/h3-14,21-22,30H,1-2H3. The van der Waals surface area contributed by atoms with Crippen molar-refractivity contribution in [1.29, 1.82) is 0 Å². The second-order valence-electron chi connectivity index (χ2n) is 9.58. The number of aryl methyl sites for hydroxylation is 1. The molecule has 2 aliphatic heterocycles. The number of rotatable bonds is 2. The lowest BCUT2D eigenvalue weighted by Gasteiger charge is -2.55. The van der Waals surface area contributed by atoms with Gasteiger partial charge in [0.1, 0.15) is 5.41 Å². The molecule has 3 aromatic rings. The largest absolute Gasteiger partial charge is 0.464 e. The molecule has 0 aromatic heterocycles. The summed E-state index contributed by atoms with van der Waals surface area (Å²) in [6.07, 6.45) is 0. The Morgan fingerprint density at radius 3 is 1.94 bits per heavy atom. The number of nitrogens with zero attached hydrogens (tertiary/aromatic N) is 2. The molecular weight excluding hydrogens is 442 g/mol. The molecule has 1 N–H and O–H groups in total. The number of nitrogens with one attached hydrogen (secondary N) is 1. The molecule has 2 unspecified atom stereocenters. The quantitative estimate of drug-likeness (QED) is 0.466. The van der Waals surface area contributed by atoms with Crippen LogP contribution in [0.25, 0.3) is 0 Å². The van der Waals surface area contributed by atoms with Gasteiger partial charge < -0.3 is 4.74 Å². The molecule has 0 saturated carbocycles. The Hall–Kier alpha value is -4.26. The zero-order valence-corrected chi connectivity index (χ0v) is 19.1. The van der Waals surface area contributed by atoms with Crippen molar-refractivity contribution in [1.82, 2.24) is 5.43 Å². The first-order valence-corrected chi connectivity index (χ1v) is 11.6. The van der Waals surface area contributed by atoms with E-state index in [1.807, 2.05) is 67.6 Å². The number of carbonyl (C=O) groups is 3. The van der Waals surface area contributed by atoms with E-state index >= 15 is 0 Å². The predicted octanol–water partition coefficient (Wildman–Crippen LogP) is 3.02. The fraction of sp³-hybridized carbons (Fsp3) is 0.214. The van der Waals surface area contributed by atoms with Crippen LogP contribution in [0.5, 0.6) is 0 Å². The maximum absolute atomic E-state index is 14.7. The number of anilines is 1. The molecule has 8 rings (SSSR count). The average molecular weight is 463 g/mol. The Labute approximate surface area is 201 Å². The molecule has 7 nitrogen and oxygen atoms in total. The number of carbonyl (C=O) groups excluding carboxylic acids is 3. The molecule has 3 aromatic carbocycles. The van der Waals surface area contributed by atoms with Crippen molar-refractivity contribution < 1.29 is 19.1 Å². The van der Waals surface area contributed by atoms with E-state index < -0.39 is 40.6 Å². The summed E-state index contributed by atoms with van der Waals surface area (Å²) in [5.74, 6) is -2.68. The third-order valence-electron chi connectivity index (χ3n) is 8.19. The maximum atomic E-state index is 14.7. The number of hydrogen-bond acceptors (Lipinski definition) is 6. The number of imide groups is 1. The van der Waals surface area contributed by atoms with E-state index in [-0.39, 0.29) is 5.71 Å². The topological polar surface area (TPSA) is 88.1 Å². The number of benzene rings is 3. The molecule has 172 valence electrons. The zero-order chi connectivity index (χ0) is 24.1. The molecule has 1 fully saturated rings. The number of esters is 1. The molecule has 2 amide bonds. The van der Waals surface area contributed by atoms with Crippen molar-refractivity contribution in [2.75, 3.05) is 12.0 Å². The van der Waals surface area contributed by atoms with Gasteiger partial charge >= 0.3 is 5.97 Å². The first kappa shape index (κ1) is 20.1. The van der Waals surface area contributed by atoms with Crippen LogP contribution in [-0.4, -0.2) is 36.1 Å². The fourth-order valence-corrected chi connectivity index (χ4v) is 6.92. The summed E-state index contributed by atoms with van der Waals surface area (Å²) in [6.45, 7) is 1.94. The van der Waals surface area contributed by atoms with Gasteiger partial charge in [-0.3, -0.25) is 15.0 Å². The highest BCUT2D eigenvalue weighted by atomic mass is 16.5. The third kappa shape index (κ3) is 2.01. The summed E-state index contributed by atoms with van der Waals surface area (Å²) < 4.78 is 5.11. The van der Waals surface area contributed by atoms with Crippen LogP contribution in [0.4, 0.5) is 5.69 Å². The second-order valence-corrected chi connectivity index (χ2v) is 9.58. The van der Waals surface area contributed by atoms with Crippen molar-refractivity contribution in [3.8, 4) is 0 Å². The molecule has 0 radical (unpaired) electrons. The number of ether oxygens (including phenoxy) is 1. The number of amides is 2. The van der Waals surface area contributed by atoms with Crippen LogP contribution < -0.4 is 10.3 Å². The highest BCUT2D eigenvalue weighted by Crippen LogP contribution is 2.70. The summed E-state index contributed by atoms with van der Waals surface area (Å²) in [4.78, 5) is 43.6. The van der Waals surface area contributed by atoms with Crippen molar-refractivity contribution >= 4 is 29.2 Å². The molecule has 2 bridgehead atoms. The van der Waals surface area contributed by atoms with E-state index in [4.69, 9.17) is 4.74 Å². The molecular formula is C28H21N3O4. The van der Waals surface area contributed by atoms with E-state index in [9.17, 15) is 14.4 Å². The molecule has 5 aliphatic rings. The summed E-state index contributed by atoms with van der Waals surface area (Å²) in [5.41, 5.74) is 5.24. The summed E-state index contributed by atoms with van der Waals surface area (Å²) in [5, 5.41) is 4.39. The lowest BCUT2D eigenvalue weighted by atomic mass is 9.43. The normalized spacial score (nSPS) is 29.1. The van der Waals surface area contributed by atoms with Gasteiger partial charge in [0.15, 0.2) is 11.3 Å². The van der Waals surface area contributed by atoms with Crippen LogP contribution in [0, 0.1) is 12.3 Å². The highest BCUT2D eigenvalue weighted by Gasteiger charge is 2.85. The Kier molecular flexibility index (Phi) is 3.71. The molecule has 3 aliphatic carbocycles. The van der Waals surface area contributed by atoms with Crippen molar-refractivity contribution in [2.45, 2.75) is 24.3 Å². The maximum Gasteiger partial charge on any atom is 0.355 e. The lowest BCUT2D eigenvalue weighted by Crippen LogP contribution is -2.69. The predicted molar refractivity (Wildman–Crippen MR) is 128 cm³/mol. The van der Waals surface area contributed by atoms with Crippen LogP contribution in [0.1, 0.15) is 39.7 Å². The summed E-state index contributed by atoms with van der Waals surface area (Å²) >= 11 is 0. The molecule has 2 atom stereocenters. The zero-order valence-electron chi connectivity index (χ0n) is 19.1. The highest BCUT2D eigenvalue weighted by molar-refractivity contribution is 6.50. The van der Waals surface area contributed by atoms with Gasteiger partial charge in [0.2, 0.25) is 0 Å². The summed E-state index contributed by atoms with van der Waals surface area (Å²) in [7, 11) is 1.27. The second kappa shape index (κ2) is 6.44. The Morgan fingerprint density at radius 1 is 0.857 bits per heavy atom. The molecule has 35 heavy (non-hydrogen) atoms. The third-order valence-corrected chi connectivity index (χ3v) is 8.19. The van der Waals surface area contributed by atoms with Crippen LogP contribution >= 0.6 is 0 Å². The fourth-order valence-electron chi connectivity index (χ4n) is 6.92. The van der Waals surface area contributed by atoms with Crippen molar-refractivity contribution in [3.63, 3.8) is 0 Å².